The van der Waals surface area contributed by atoms with Crippen LogP contribution < -0.4 is 10.1 Å². The maximum atomic E-state index is 13.1. The second-order valence-corrected chi connectivity index (χ2v) is 3.68. The molecule has 2 aromatic rings. The maximum Gasteiger partial charge on any atom is 0.142 e. The van der Waals surface area contributed by atoms with Gasteiger partial charge in [0.05, 0.1) is 12.8 Å². The van der Waals surface area contributed by atoms with Crippen molar-refractivity contribution >= 4 is 5.69 Å². The SMILES string of the molecule is COc1ccc(F)cc1NCc1ccccc1. The van der Waals surface area contributed by atoms with Crippen molar-refractivity contribution in [2.24, 2.45) is 0 Å². The van der Waals surface area contributed by atoms with Gasteiger partial charge in [0.2, 0.25) is 0 Å². The molecule has 17 heavy (non-hydrogen) atoms. The molecule has 0 saturated carbocycles. The molecule has 0 radical (unpaired) electrons. The summed E-state index contributed by atoms with van der Waals surface area (Å²) < 4.78 is 18.3. The summed E-state index contributed by atoms with van der Waals surface area (Å²) in [6.45, 7) is 0.640. The van der Waals surface area contributed by atoms with E-state index in [1.54, 1.807) is 13.2 Å². The van der Waals surface area contributed by atoms with Gasteiger partial charge in [0.1, 0.15) is 11.6 Å². The molecule has 0 aromatic heterocycles. The Balaban J connectivity index is 2.11. The predicted molar refractivity (Wildman–Crippen MR) is 66.7 cm³/mol. The Kier molecular flexibility index (Phi) is 3.60. The first-order chi connectivity index (χ1) is 8.29. The summed E-state index contributed by atoms with van der Waals surface area (Å²) in [5.74, 6) is 0.365. The fraction of sp³-hybridized carbons (Fsp3) is 0.143. The summed E-state index contributed by atoms with van der Waals surface area (Å²) >= 11 is 0. The Morgan fingerprint density at radius 1 is 1.12 bits per heavy atom. The third-order valence-corrected chi connectivity index (χ3v) is 2.49. The predicted octanol–water partition coefficient (Wildman–Crippen LogP) is 3.45. The molecule has 2 nitrogen and oxygen atoms in total. The highest BCUT2D eigenvalue weighted by Gasteiger charge is 2.03. The van der Waals surface area contributed by atoms with Crippen LogP contribution >= 0.6 is 0 Å². The topological polar surface area (TPSA) is 21.3 Å². The van der Waals surface area contributed by atoms with Gasteiger partial charge in [-0.15, -0.1) is 0 Å². The molecule has 0 heterocycles. The van der Waals surface area contributed by atoms with Gasteiger partial charge >= 0.3 is 0 Å². The van der Waals surface area contributed by atoms with E-state index in [-0.39, 0.29) is 5.82 Å². The zero-order chi connectivity index (χ0) is 12.1. The van der Waals surface area contributed by atoms with Crippen LogP contribution in [0.3, 0.4) is 0 Å². The van der Waals surface area contributed by atoms with Gasteiger partial charge < -0.3 is 10.1 Å². The number of rotatable bonds is 4. The van der Waals surface area contributed by atoms with Gasteiger partial charge in [-0.1, -0.05) is 30.3 Å². The van der Waals surface area contributed by atoms with Crippen LogP contribution in [0.5, 0.6) is 5.75 Å². The van der Waals surface area contributed by atoms with Crippen molar-refractivity contribution < 1.29 is 9.13 Å². The number of hydrogen-bond acceptors (Lipinski definition) is 2. The van der Waals surface area contributed by atoms with Crippen LogP contribution in [0.4, 0.5) is 10.1 Å². The van der Waals surface area contributed by atoms with Gasteiger partial charge in [-0.25, -0.2) is 4.39 Å². The molecule has 88 valence electrons. The number of anilines is 1. The minimum Gasteiger partial charge on any atom is -0.495 e. The second-order valence-electron chi connectivity index (χ2n) is 3.68. The lowest BCUT2D eigenvalue weighted by Crippen LogP contribution is -2.01. The molecular weight excluding hydrogens is 217 g/mol. The maximum absolute atomic E-state index is 13.1. The van der Waals surface area contributed by atoms with Crippen LogP contribution in [0.1, 0.15) is 5.56 Å². The largest absolute Gasteiger partial charge is 0.495 e. The lowest BCUT2D eigenvalue weighted by Gasteiger charge is -2.11. The van der Waals surface area contributed by atoms with Gasteiger partial charge in [-0.3, -0.25) is 0 Å². The number of methoxy groups -OCH3 is 1. The van der Waals surface area contributed by atoms with Crippen LogP contribution in [0.25, 0.3) is 0 Å². The molecule has 0 aliphatic rings. The zero-order valence-corrected chi connectivity index (χ0v) is 9.61. The van der Waals surface area contributed by atoms with E-state index in [0.29, 0.717) is 18.0 Å². The number of hydrogen-bond donors (Lipinski definition) is 1. The second kappa shape index (κ2) is 5.34. The van der Waals surface area contributed by atoms with Crippen molar-refractivity contribution in [1.82, 2.24) is 0 Å². The van der Waals surface area contributed by atoms with Crippen LogP contribution in [-0.2, 0) is 6.54 Å². The quantitative estimate of drug-likeness (QED) is 0.870. The molecule has 0 aliphatic carbocycles. The summed E-state index contributed by atoms with van der Waals surface area (Å²) in [5.41, 5.74) is 1.80. The van der Waals surface area contributed by atoms with Crippen LogP contribution in [0.2, 0.25) is 0 Å². The fourth-order valence-electron chi connectivity index (χ4n) is 1.61. The van der Waals surface area contributed by atoms with Gasteiger partial charge in [0.15, 0.2) is 0 Å². The van der Waals surface area contributed by atoms with Gasteiger partial charge in [0.25, 0.3) is 0 Å². The number of ether oxygens (including phenoxy) is 1. The lowest BCUT2D eigenvalue weighted by molar-refractivity contribution is 0.415. The molecule has 1 N–H and O–H groups in total. The number of halogens is 1. The van der Waals surface area contributed by atoms with E-state index in [0.717, 1.165) is 5.56 Å². The van der Waals surface area contributed by atoms with E-state index in [1.165, 1.54) is 12.1 Å². The average Bonchev–Trinajstić information content (AvgIpc) is 2.38. The van der Waals surface area contributed by atoms with E-state index in [2.05, 4.69) is 5.32 Å². The van der Waals surface area contributed by atoms with Crippen molar-refractivity contribution in [2.45, 2.75) is 6.54 Å². The summed E-state index contributed by atoms with van der Waals surface area (Å²) in [7, 11) is 1.57. The molecule has 3 heteroatoms. The summed E-state index contributed by atoms with van der Waals surface area (Å²) in [5, 5.41) is 3.16. The van der Waals surface area contributed by atoms with Crippen molar-refractivity contribution in [3.63, 3.8) is 0 Å². The van der Waals surface area contributed by atoms with Gasteiger partial charge in [-0.05, 0) is 17.7 Å². The highest BCUT2D eigenvalue weighted by Crippen LogP contribution is 2.25. The third kappa shape index (κ3) is 2.97. The molecule has 0 atom stereocenters. The molecule has 0 fully saturated rings. The van der Waals surface area contributed by atoms with Crippen LogP contribution in [0, 0.1) is 5.82 Å². The molecule has 0 aliphatic heterocycles. The van der Waals surface area contributed by atoms with E-state index < -0.39 is 0 Å². The summed E-state index contributed by atoms with van der Waals surface area (Å²) in [6.07, 6.45) is 0. The molecule has 2 aromatic carbocycles. The standard InChI is InChI=1S/C14H14FNO/c1-17-14-8-7-12(15)9-13(14)16-10-11-5-3-2-4-6-11/h2-9,16H,10H2,1H3. The highest BCUT2D eigenvalue weighted by atomic mass is 19.1. The van der Waals surface area contributed by atoms with Gasteiger partial charge in [0, 0.05) is 12.6 Å². The van der Waals surface area contributed by atoms with E-state index in [1.807, 2.05) is 30.3 Å². The molecule has 0 amide bonds. The Bertz CT molecular complexity index is 485. The lowest BCUT2D eigenvalue weighted by atomic mass is 10.2. The monoisotopic (exact) mass is 231 g/mol. The molecule has 0 unspecified atom stereocenters. The van der Waals surface area contributed by atoms with Crippen molar-refractivity contribution in [2.75, 3.05) is 12.4 Å². The normalized spacial score (nSPS) is 10.0. The highest BCUT2D eigenvalue weighted by molar-refractivity contribution is 5.56. The zero-order valence-electron chi connectivity index (χ0n) is 9.61. The molecule has 0 saturated heterocycles. The molecular formula is C14H14FNO. The summed E-state index contributed by atoms with van der Waals surface area (Å²) in [4.78, 5) is 0. The minimum atomic E-state index is -0.277. The molecule has 0 spiro atoms. The van der Waals surface area contributed by atoms with Crippen molar-refractivity contribution in [1.29, 1.82) is 0 Å². The van der Waals surface area contributed by atoms with Crippen molar-refractivity contribution in [3.05, 3.63) is 59.9 Å². The summed E-state index contributed by atoms with van der Waals surface area (Å²) in [6, 6.07) is 14.4. The van der Waals surface area contributed by atoms with E-state index in [9.17, 15) is 4.39 Å². The van der Waals surface area contributed by atoms with Gasteiger partial charge in [-0.2, -0.15) is 0 Å². The Labute approximate surface area is 100 Å². The minimum absolute atomic E-state index is 0.277. The first kappa shape index (κ1) is 11.5. The van der Waals surface area contributed by atoms with E-state index >= 15 is 0 Å². The smallest absolute Gasteiger partial charge is 0.142 e. The third-order valence-electron chi connectivity index (χ3n) is 2.49. The Morgan fingerprint density at radius 3 is 2.59 bits per heavy atom. The Hall–Kier alpha value is -2.03. The van der Waals surface area contributed by atoms with Crippen molar-refractivity contribution in [3.8, 4) is 5.75 Å². The first-order valence-corrected chi connectivity index (χ1v) is 5.41. The van der Waals surface area contributed by atoms with E-state index in [4.69, 9.17) is 4.74 Å². The Morgan fingerprint density at radius 2 is 1.88 bits per heavy atom. The fourth-order valence-corrected chi connectivity index (χ4v) is 1.61. The van der Waals surface area contributed by atoms with Crippen LogP contribution in [-0.4, -0.2) is 7.11 Å². The molecule has 0 bridgehead atoms. The number of benzene rings is 2. The molecule has 2 rings (SSSR count). The number of nitrogens with one attached hydrogen (secondary N) is 1. The average molecular weight is 231 g/mol. The van der Waals surface area contributed by atoms with Crippen LogP contribution in [0.15, 0.2) is 48.5 Å². The first-order valence-electron chi connectivity index (χ1n) is 5.41.